The third kappa shape index (κ3) is 6.60. The number of rotatable bonds is 12. The van der Waals surface area contributed by atoms with E-state index in [4.69, 9.17) is 16.6 Å². The van der Waals surface area contributed by atoms with Crippen LogP contribution in [-0.4, -0.2) is 70.6 Å². The molecule has 9 heteroatoms. The summed E-state index contributed by atoms with van der Waals surface area (Å²) in [6, 6.07) is 20.1. The van der Waals surface area contributed by atoms with Crippen LogP contribution in [0.15, 0.2) is 71.3 Å². The van der Waals surface area contributed by atoms with Gasteiger partial charge < -0.3 is 15.1 Å². The molecule has 1 saturated carbocycles. The minimum atomic E-state index is -0.345. The maximum Gasteiger partial charge on any atom is 0.232 e. The molecule has 5 rings (SSSR count). The third-order valence-electron chi connectivity index (χ3n) is 8.17. The molecule has 2 heterocycles. The summed E-state index contributed by atoms with van der Waals surface area (Å²) in [4.78, 5) is 22.7. The largest absolute Gasteiger partial charge is 0.370 e. The Hall–Kier alpha value is -2.94. The molecule has 0 unspecified atom stereocenters. The van der Waals surface area contributed by atoms with Gasteiger partial charge >= 0.3 is 0 Å². The van der Waals surface area contributed by atoms with Crippen LogP contribution in [0.1, 0.15) is 44.1 Å². The van der Waals surface area contributed by atoms with Crippen molar-refractivity contribution in [1.82, 2.24) is 24.4 Å². The summed E-state index contributed by atoms with van der Waals surface area (Å²) >= 11 is 10.0. The number of halogens is 2. The lowest BCUT2D eigenvalue weighted by molar-refractivity contribution is -0.136. The highest BCUT2D eigenvalue weighted by molar-refractivity contribution is 9.10. The van der Waals surface area contributed by atoms with Crippen molar-refractivity contribution in [3.05, 3.63) is 81.9 Å². The van der Waals surface area contributed by atoms with Crippen molar-refractivity contribution in [1.29, 1.82) is 0 Å². The van der Waals surface area contributed by atoms with Crippen LogP contribution in [-0.2, 0) is 10.2 Å². The smallest absolute Gasteiger partial charge is 0.232 e. The predicted molar refractivity (Wildman–Crippen MR) is 171 cm³/mol. The minimum Gasteiger partial charge on any atom is -0.370 e. The lowest BCUT2D eigenvalue weighted by Gasteiger charge is -2.33. The number of hydrogen-bond donors (Lipinski definition) is 1. The normalized spacial score (nSPS) is 14.6. The zero-order valence-corrected chi connectivity index (χ0v) is 26.2. The van der Waals surface area contributed by atoms with E-state index < -0.39 is 0 Å². The average Bonchev–Trinajstić information content (AvgIpc) is 3.64. The number of aromatic nitrogens is 3. The summed E-state index contributed by atoms with van der Waals surface area (Å²) in [6.07, 6.45) is 7.82. The molecule has 0 atom stereocenters. The molecule has 0 aliphatic heterocycles. The van der Waals surface area contributed by atoms with Crippen molar-refractivity contribution < 1.29 is 4.79 Å². The van der Waals surface area contributed by atoms with E-state index in [0.29, 0.717) is 5.02 Å². The fourth-order valence-electron chi connectivity index (χ4n) is 5.95. The van der Waals surface area contributed by atoms with E-state index in [-0.39, 0.29) is 11.3 Å². The fraction of sp³-hybridized carbons (Fsp3) is 0.406. The van der Waals surface area contributed by atoms with Crippen LogP contribution in [0.4, 0.5) is 5.82 Å². The van der Waals surface area contributed by atoms with Crippen LogP contribution in [0.2, 0.25) is 5.02 Å². The topological polar surface area (TPSA) is 65.8 Å². The van der Waals surface area contributed by atoms with Gasteiger partial charge in [-0.05, 0) is 73.4 Å². The number of amides is 1. The van der Waals surface area contributed by atoms with Crippen LogP contribution >= 0.6 is 27.5 Å². The predicted octanol–water partition coefficient (Wildman–Crippen LogP) is 6.91. The van der Waals surface area contributed by atoms with Crippen molar-refractivity contribution in [3.63, 3.8) is 0 Å². The molecular formula is C32H38BrClN6O. The Balaban J connectivity index is 1.11. The van der Waals surface area contributed by atoms with E-state index in [9.17, 15) is 4.79 Å². The number of fused-ring (bicyclic) bond motifs is 1. The monoisotopic (exact) mass is 636 g/mol. The Kier molecular flexibility index (Phi) is 9.63. The van der Waals surface area contributed by atoms with Crippen LogP contribution in [0, 0.1) is 0 Å². The first-order valence-electron chi connectivity index (χ1n) is 14.4. The Morgan fingerprint density at radius 2 is 1.73 bits per heavy atom. The zero-order valence-electron chi connectivity index (χ0n) is 23.8. The summed E-state index contributed by atoms with van der Waals surface area (Å²) in [5.41, 5.74) is 3.26. The SMILES string of the molecule is CN(CCCNc1cc(-c2ccccc2Cl)nc2c(Br)cnn12)CCCN(C)C(=O)C1(c2ccccc2)CCCC1. The summed E-state index contributed by atoms with van der Waals surface area (Å²) in [7, 11) is 4.12. The highest BCUT2D eigenvalue weighted by Crippen LogP contribution is 2.42. The number of nitrogens with one attached hydrogen (secondary N) is 1. The average molecular weight is 638 g/mol. The molecule has 2 aromatic heterocycles. The molecule has 0 saturated heterocycles. The molecule has 1 N–H and O–H groups in total. The summed E-state index contributed by atoms with van der Waals surface area (Å²) in [5, 5.41) is 8.69. The second-order valence-electron chi connectivity index (χ2n) is 11.1. The highest BCUT2D eigenvalue weighted by Gasteiger charge is 2.43. The maximum absolute atomic E-state index is 13.6. The number of benzene rings is 2. The van der Waals surface area contributed by atoms with Gasteiger partial charge in [-0.1, -0.05) is 73.0 Å². The van der Waals surface area contributed by atoms with Gasteiger partial charge in [0.25, 0.3) is 0 Å². The number of anilines is 1. The van der Waals surface area contributed by atoms with Gasteiger partial charge in [-0.3, -0.25) is 4.79 Å². The highest BCUT2D eigenvalue weighted by atomic mass is 79.9. The molecule has 1 fully saturated rings. The summed E-state index contributed by atoms with van der Waals surface area (Å²) in [6.45, 7) is 3.45. The Morgan fingerprint density at radius 3 is 2.49 bits per heavy atom. The lowest BCUT2D eigenvalue weighted by atomic mass is 9.77. The molecule has 1 amide bonds. The van der Waals surface area contributed by atoms with Gasteiger partial charge in [-0.25, -0.2) is 4.98 Å². The van der Waals surface area contributed by atoms with Crippen molar-refractivity contribution in [3.8, 4) is 11.3 Å². The van der Waals surface area contributed by atoms with Crippen molar-refractivity contribution in [2.75, 3.05) is 45.6 Å². The first-order valence-corrected chi connectivity index (χ1v) is 15.6. The second kappa shape index (κ2) is 13.4. The summed E-state index contributed by atoms with van der Waals surface area (Å²) < 4.78 is 2.65. The molecule has 1 aliphatic rings. The second-order valence-corrected chi connectivity index (χ2v) is 12.3. The molecule has 0 bridgehead atoms. The summed E-state index contributed by atoms with van der Waals surface area (Å²) in [5.74, 6) is 1.15. The van der Waals surface area contributed by atoms with Crippen LogP contribution in [0.5, 0.6) is 0 Å². The number of likely N-dealkylation sites (N-methyl/N-ethyl adjacent to an activating group) is 1. The zero-order chi connectivity index (χ0) is 28.8. The maximum atomic E-state index is 13.6. The van der Waals surface area contributed by atoms with E-state index in [1.807, 2.05) is 52.9 Å². The van der Waals surface area contributed by atoms with Crippen LogP contribution in [0.25, 0.3) is 16.9 Å². The molecule has 216 valence electrons. The Labute approximate surface area is 256 Å². The lowest BCUT2D eigenvalue weighted by Crippen LogP contribution is -2.44. The molecule has 0 spiro atoms. The quantitative estimate of drug-likeness (QED) is 0.171. The van der Waals surface area contributed by atoms with Gasteiger partial charge in [-0.2, -0.15) is 9.61 Å². The first-order chi connectivity index (χ1) is 19.9. The molecular weight excluding hydrogens is 600 g/mol. The molecule has 0 radical (unpaired) electrons. The van der Waals surface area contributed by atoms with Gasteiger partial charge in [0.2, 0.25) is 5.91 Å². The first kappa shape index (κ1) is 29.5. The molecule has 4 aromatic rings. The van der Waals surface area contributed by atoms with E-state index in [0.717, 1.165) is 91.9 Å². The minimum absolute atomic E-state index is 0.276. The van der Waals surface area contributed by atoms with E-state index >= 15 is 0 Å². The third-order valence-corrected chi connectivity index (χ3v) is 9.06. The Morgan fingerprint density at radius 1 is 1.02 bits per heavy atom. The number of carbonyl (C=O) groups excluding carboxylic acids is 1. The van der Waals surface area contributed by atoms with Gasteiger partial charge in [0.1, 0.15) is 5.82 Å². The van der Waals surface area contributed by atoms with Crippen molar-refractivity contribution in [2.45, 2.75) is 43.9 Å². The van der Waals surface area contributed by atoms with E-state index in [1.165, 1.54) is 5.56 Å². The molecule has 41 heavy (non-hydrogen) atoms. The molecule has 7 nitrogen and oxygen atoms in total. The number of nitrogens with zero attached hydrogens (tertiary/aromatic N) is 5. The van der Waals surface area contributed by atoms with Crippen LogP contribution in [0.3, 0.4) is 0 Å². The molecule has 2 aromatic carbocycles. The van der Waals surface area contributed by atoms with Crippen molar-refractivity contribution in [2.24, 2.45) is 0 Å². The standard InChI is InChI=1S/C32H38BrClN6O/c1-38(20-11-21-39(2)31(41)32(16-8-9-17-32)24-12-4-3-5-13-24)19-10-18-35-29-22-28(25-14-6-7-15-27(25)34)37-30-26(33)23-36-40(29)30/h3-7,12-15,22-23,35H,8-11,16-21H2,1-2H3. The van der Waals surface area contributed by atoms with Crippen molar-refractivity contribution >= 4 is 44.9 Å². The van der Waals surface area contributed by atoms with Crippen LogP contribution < -0.4 is 5.32 Å². The fourth-order valence-corrected chi connectivity index (χ4v) is 6.53. The number of hydrogen-bond acceptors (Lipinski definition) is 5. The van der Waals surface area contributed by atoms with Gasteiger partial charge in [-0.15, -0.1) is 0 Å². The Bertz CT molecular complexity index is 1470. The van der Waals surface area contributed by atoms with Gasteiger partial charge in [0.05, 0.1) is 21.8 Å². The van der Waals surface area contributed by atoms with Gasteiger partial charge in [0.15, 0.2) is 5.65 Å². The van der Waals surface area contributed by atoms with Gasteiger partial charge in [0, 0.05) is 36.8 Å². The van der Waals surface area contributed by atoms with E-state index in [2.05, 4.69) is 62.6 Å². The molecule has 1 aliphatic carbocycles. The van der Waals surface area contributed by atoms with E-state index in [1.54, 1.807) is 6.20 Å². The number of carbonyl (C=O) groups is 1.